The molecule has 0 fully saturated rings. The molecule has 6 rings (SSSR count). The summed E-state index contributed by atoms with van der Waals surface area (Å²) in [7, 11) is 0. The first kappa shape index (κ1) is 16.0. The highest BCUT2D eigenvalue weighted by molar-refractivity contribution is 6.16. The van der Waals surface area contributed by atoms with E-state index in [1.54, 1.807) is 0 Å². The third-order valence-electron chi connectivity index (χ3n) is 5.35. The van der Waals surface area contributed by atoms with Gasteiger partial charge in [-0.25, -0.2) is 0 Å². The molecule has 0 bridgehead atoms. The Hall–Kier alpha value is -3.98. The van der Waals surface area contributed by atoms with Crippen LogP contribution in [0.1, 0.15) is 0 Å². The number of aromatic nitrogens is 1. The van der Waals surface area contributed by atoms with Crippen molar-refractivity contribution < 1.29 is 4.42 Å². The highest BCUT2D eigenvalue weighted by Gasteiger charge is 2.19. The van der Waals surface area contributed by atoms with Crippen molar-refractivity contribution in [3.8, 4) is 5.69 Å². The lowest BCUT2D eigenvalue weighted by Gasteiger charge is -2.08. The maximum Gasteiger partial charge on any atom is 0.161 e. The van der Waals surface area contributed by atoms with E-state index in [9.17, 15) is 0 Å². The number of nitrogens with zero attached hydrogens (tertiary/aromatic N) is 1. The first-order valence-electron chi connectivity index (χ1n) is 9.72. The van der Waals surface area contributed by atoms with Crippen molar-refractivity contribution in [3.63, 3.8) is 0 Å². The molecule has 0 radical (unpaired) electrons. The lowest BCUT2D eigenvalue weighted by molar-refractivity contribution is 0.673. The molecule has 2 heterocycles. The number of anilines is 2. The van der Waals surface area contributed by atoms with Gasteiger partial charge in [0, 0.05) is 33.9 Å². The Bertz CT molecular complexity index is 1460. The minimum atomic E-state index is 0.881. The molecule has 2 aromatic heterocycles. The summed E-state index contributed by atoms with van der Waals surface area (Å²) in [5.41, 5.74) is 7.27. The van der Waals surface area contributed by atoms with Gasteiger partial charge in [-0.2, -0.15) is 0 Å². The molecule has 0 saturated heterocycles. The van der Waals surface area contributed by atoms with Gasteiger partial charge in [-0.05, 0) is 48.5 Å². The number of hydrogen-bond donors (Lipinski definition) is 1. The van der Waals surface area contributed by atoms with Crippen LogP contribution >= 0.6 is 0 Å². The normalized spacial score (nSPS) is 11.4. The highest BCUT2D eigenvalue weighted by atomic mass is 16.3. The van der Waals surface area contributed by atoms with E-state index in [1.165, 1.54) is 0 Å². The van der Waals surface area contributed by atoms with Crippen molar-refractivity contribution in [2.75, 3.05) is 5.32 Å². The van der Waals surface area contributed by atoms with E-state index in [4.69, 9.17) is 4.42 Å². The molecule has 0 aliphatic carbocycles. The molecule has 3 heteroatoms. The fourth-order valence-electron chi connectivity index (χ4n) is 4.08. The second kappa shape index (κ2) is 6.28. The molecule has 0 saturated carbocycles. The van der Waals surface area contributed by atoms with Crippen LogP contribution in [0, 0.1) is 0 Å². The van der Waals surface area contributed by atoms with E-state index in [0.717, 1.165) is 50.0 Å². The SMILES string of the molecule is c1ccc(Nc2ccc3c(c2)oc2c4ccccc4n(-c4ccccc4)c32)cc1. The van der Waals surface area contributed by atoms with Gasteiger partial charge in [0.1, 0.15) is 11.1 Å². The van der Waals surface area contributed by atoms with Gasteiger partial charge in [-0.3, -0.25) is 0 Å². The Labute approximate surface area is 167 Å². The molecule has 1 N–H and O–H groups in total. The minimum absolute atomic E-state index is 0.881. The summed E-state index contributed by atoms with van der Waals surface area (Å²) in [5, 5.41) is 5.68. The molecule has 29 heavy (non-hydrogen) atoms. The van der Waals surface area contributed by atoms with Gasteiger partial charge in [-0.1, -0.05) is 48.5 Å². The van der Waals surface area contributed by atoms with Gasteiger partial charge < -0.3 is 14.3 Å². The molecular weight excluding hydrogens is 356 g/mol. The second-order valence-electron chi connectivity index (χ2n) is 7.17. The van der Waals surface area contributed by atoms with Crippen LogP contribution in [0.15, 0.2) is 108 Å². The summed E-state index contributed by atoms with van der Waals surface area (Å²) in [6, 6.07) is 35.4. The van der Waals surface area contributed by atoms with E-state index in [2.05, 4.69) is 88.7 Å². The fraction of sp³-hybridized carbons (Fsp3) is 0. The smallest absolute Gasteiger partial charge is 0.161 e. The Kier molecular flexibility index (Phi) is 3.47. The predicted octanol–water partition coefficient (Wildman–Crippen LogP) is 7.27. The van der Waals surface area contributed by atoms with Gasteiger partial charge in [0.2, 0.25) is 0 Å². The monoisotopic (exact) mass is 374 g/mol. The standard InChI is InChI=1S/C26H18N2O/c1-3-9-18(10-4-1)27-19-15-16-22-24(17-19)29-26-21-13-7-8-14-23(21)28(25(22)26)20-11-5-2-6-12-20/h1-17,27H. The van der Waals surface area contributed by atoms with Crippen LogP contribution in [-0.2, 0) is 0 Å². The number of benzene rings is 4. The number of nitrogens with one attached hydrogen (secondary N) is 1. The zero-order valence-electron chi connectivity index (χ0n) is 15.7. The molecule has 0 aliphatic heterocycles. The quantitative estimate of drug-likeness (QED) is 0.353. The van der Waals surface area contributed by atoms with Crippen molar-refractivity contribution >= 4 is 44.3 Å². The molecule has 4 aromatic carbocycles. The molecule has 0 amide bonds. The van der Waals surface area contributed by atoms with Gasteiger partial charge in [0.05, 0.1) is 5.52 Å². The maximum atomic E-state index is 6.39. The Morgan fingerprint density at radius 2 is 1.34 bits per heavy atom. The maximum absolute atomic E-state index is 6.39. The summed E-state index contributed by atoms with van der Waals surface area (Å²) in [6.07, 6.45) is 0. The lowest BCUT2D eigenvalue weighted by Crippen LogP contribution is -1.93. The van der Waals surface area contributed by atoms with Crippen LogP contribution in [0.5, 0.6) is 0 Å². The molecule has 6 aromatic rings. The highest BCUT2D eigenvalue weighted by Crippen LogP contribution is 2.39. The molecule has 0 spiro atoms. The van der Waals surface area contributed by atoms with Gasteiger partial charge in [0.25, 0.3) is 0 Å². The summed E-state index contributed by atoms with van der Waals surface area (Å²) in [5.74, 6) is 0. The number of para-hydroxylation sites is 3. The van der Waals surface area contributed by atoms with Crippen molar-refractivity contribution in [2.24, 2.45) is 0 Å². The Morgan fingerprint density at radius 3 is 2.17 bits per heavy atom. The second-order valence-corrected chi connectivity index (χ2v) is 7.17. The first-order chi connectivity index (χ1) is 14.4. The average molecular weight is 374 g/mol. The topological polar surface area (TPSA) is 30.1 Å². The lowest BCUT2D eigenvalue weighted by atomic mass is 10.2. The van der Waals surface area contributed by atoms with E-state index >= 15 is 0 Å². The zero-order valence-corrected chi connectivity index (χ0v) is 15.7. The molecule has 0 atom stereocenters. The molecule has 0 unspecified atom stereocenters. The van der Waals surface area contributed by atoms with E-state index in [-0.39, 0.29) is 0 Å². The van der Waals surface area contributed by atoms with Gasteiger partial charge in [0.15, 0.2) is 5.58 Å². The van der Waals surface area contributed by atoms with Crippen LogP contribution in [-0.4, -0.2) is 4.57 Å². The Morgan fingerprint density at radius 1 is 0.621 bits per heavy atom. The van der Waals surface area contributed by atoms with E-state index in [0.29, 0.717) is 0 Å². The van der Waals surface area contributed by atoms with Crippen LogP contribution in [0.25, 0.3) is 38.7 Å². The van der Waals surface area contributed by atoms with Crippen molar-refractivity contribution in [1.82, 2.24) is 4.57 Å². The largest absolute Gasteiger partial charge is 0.454 e. The summed E-state index contributed by atoms with van der Waals surface area (Å²) in [4.78, 5) is 0. The van der Waals surface area contributed by atoms with Crippen LogP contribution in [0.3, 0.4) is 0 Å². The predicted molar refractivity (Wildman–Crippen MR) is 120 cm³/mol. The van der Waals surface area contributed by atoms with Crippen LogP contribution < -0.4 is 5.32 Å². The Balaban J connectivity index is 1.61. The van der Waals surface area contributed by atoms with Crippen molar-refractivity contribution in [1.29, 1.82) is 0 Å². The summed E-state index contributed by atoms with van der Waals surface area (Å²) < 4.78 is 8.68. The molecule has 138 valence electrons. The van der Waals surface area contributed by atoms with Gasteiger partial charge in [-0.15, -0.1) is 0 Å². The number of hydrogen-bond acceptors (Lipinski definition) is 2. The third kappa shape index (κ3) is 2.52. The van der Waals surface area contributed by atoms with Gasteiger partial charge >= 0.3 is 0 Å². The van der Waals surface area contributed by atoms with Crippen LogP contribution in [0.2, 0.25) is 0 Å². The minimum Gasteiger partial charge on any atom is -0.454 e. The fourth-order valence-corrected chi connectivity index (χ4v) is 4.08. The van der Waals surface area contributed by atoms with Crippen molar-refractivity contribution in [2.45, 2.75) is 0 Å². The summed E-state index contributed by atoms with van der Waals surface area (Å²) in [6.45, 7) is 0. The van der Waals surface area contributed by atoms with E-state index < -0.39 is 0 Å². The molecule has 0 aliphatic rings. The van der Waals surface area contributed by atoms with Crippen LogP contribution in [0.4, 0.5) is 11.4 Å². The summed E-state index contributed by atoms with van der Waals surface area (Å²) >= 11 is 0. The average Bonchev–Trinajstić information content (AvgIpc) is 3.29. The zero-order chi connectivity index (χ0) is 19.2. The third-order valence-corrected chi connectivity index (χ3v) is 5.35. The number of rotatable bonds is 3. The number of fused-ring (bicyclic) bond motifs is 5. The van der Waals surface area contributed by atoms with Crippen molar-refractivity contribution in [3.05, 3.63) is 103 Å². The number of furan rings is 1. The van der Waals surface area contributed by atoms with E-state index in [1.807, 2.05) is 24.3 Å². The molecule has 3 nitrogen and oxygen atoms in total. The molecular formula is C26H18N2O. The first-order valence-corrected chi connectivity index (χ1v) is 9.72.